The summed E-state index contributed by atoms with van der Waals surface area (Å²) >= 11 is 0. The largest absolute Gasteiger partial charge is 0.392 e. The number of hydrogen-bond donors (Lipinski definition) is 1. The van der Waals surface area contributed by atoms with Gasteiger partial charge in [0.2, 0.25) is 0 Å². The van der Waals surface area contributed by atoms with Crippen molar-refractivity contribution in [1.82, 2.24) is 4.90 Å². The maximum absolute atomic E-state index is 13.8. The third-order valence-corrected chi connectivity index (χ3v) is 3.99. The molecule has 21 heavy (non-hydrogen) atoms. The molecule has 0 fully saturated rings. The lowest BCUT2D eigenvalue weighted by Gasteiger charge is -2.29. The van der Waals surface area contributed by atoms with Crippen LogP contribution in [0.15, 0.2) is 36.4 Å². The first-order valence-electron chi connectivity index (χ1n) is 7.04. The highest BCUT2D eigenvalue weighted by atomic mass is 19.1. The lowest BCUT2D eigenvalue weighted by molar-refractivity contribution is 0.238. The number of aliphatic hydroxyl groups excluding tert-OH is 1. The fourth-order valence-electron chi connectivity index (χ4n) is 2.79. The molecule has 2 nitrogen and oxygen atoms in total. The summed E-state index contributed by atoms with van der Waals surface area (Å²) in [6, 6.07) is 10.1. The van der Waals surface area contributed by atoms with Gasteiger partial charge in [0.1, 0.15) is 11.6 Å². The molecule has 0 atom stereocenters. The zero-order chi connectivity index (χ0) is 14.8. The average Bonchev–Trinajstić information content (AvgIpc) is 2.52. The molecule has 3 rings (SSSR count). The first-order chi connectivity index (χ1) is 10.2. The molecule has 4 heteroatoms. The molecule has 2 aromatic carbocycles. The molecule has 0 saturated carbocycles. The normalized spacial score (nSPS) is 15.0. The molecule has 110 valence electrons. The van der Waals surface area contributed by atoms with Gasteiger partial charge >= 0.3 is 0 Å². The Morgan fingerprint density at radius 3 is 2.19 bits per heavy atom. The lowest BCUT2D eigenvalue weighted by Crippen LogP contribution is -2.31. The van der Waals surface area contributed by atoms with Crippen LogP contribution in [0.3, 0.4) is 0 Å². The zero-order valence-corrected chi connectivity index (χ0v) is 11.6. The number of benzene rings is 2. The molecule has 1 aliphatic rings. The molecule has 0 radical (unpaired) electrons. The summed E-state index contributed by atoms with van der Waals surface area (Å²) in [6.07, 6.45) is 0.535. The van der Waals surface area contributed by atoms with E-state index in [0.29, 0.717) is 30.6 Å². The van der Waals surface area contributed by atoms with Crippen LogP contribution in [0.1, 0.15) is 22.3 Å². The van der Waals surface area contributed by atoms with Gasteiger partial charge in [-0.25, -0.2) is 8.78 Å². The van der Waals surface area contributed by atoms with Gasteiger partial charge in [0.15, 0.2) is 0 Å². The van der Waals surface area contributed by atoms with Gasteiger partial charge in [-0.15, -0.1) is 0 Å². The van der Waals surface area contributed by atoms with Crippen molar-refractivity contribution in [1.29, 1.82) is 0 Å². The van der Waals surface area contributed by atoms with Gasteiger partial charge in [-0.05, 0) is 35.2 Å². The molecule has 0 aliphatic carbocycles. The predicted molar refractivity (Wildman–Crippen MR) is 76.5 cm³/mol. The minimum absolute atomic E-state index is 0.0296. The van der Waals surface area contributed by atoms with Crippen molar-refractivity contribution in [3.8, 4) is 0 Å². The van der Waals surface area contributed by atoms with E-state index < -0.39 is 0 Å². The summed E-state index contributed by atoms with van der Waals surface area (Å²) in [5.74, 6) is -0.634. The fourth-order valence-corrected chi connectivity index (χ4v) is 2.79. The third kappa shape index (κ3) is 2.96. The third-order valence-electron chi connectivity index (χ3n) is 3.99. The van der Waals surface area contributed by atoms with Crippen LogP contribution in [0.4, 0.5) is 8.78 Å². The number of nitrogens with zero attached hydrogens (tertiary/aromatic N) is 1. The van der Waals surface area contributed by atoms with Gasteiger partial charge in [-0.2, -0.15) is 0 Å². The molecular weight excluding hydrogens is 272 g/mol. The second kappa shape index (κ2) is 5.92. The van der Waals surface area contributed by atoms with Crippen molar-refractivity contribution < 1.29 is 13.9 Å². The van der Waals surface area contributed by atoms with Gasteiger partial charge in [0, 0.05) is 25.2 Å². The average molecular weight is 289 g/mol. The van der Waals surface area contributed by atoms with Crippen LogP contribution in [0, 0.1) is 11.6 Å². The van der Waals surface area contributed by atoms with Crippen molar-refractivity contribution >= 4 is 0 Å². The fraction of sp³-hybridized carbons (Fsp3) is 0.294. The molecular formula is C17H17F2NO. The number of halogens is 2. The first-order valence-corrected chi connectivity index (χ1v) is 7.04. The van der Waals surface area contributed by atoms with Crippen molar-refractivity contribution in [2.24, 2.45) is 0 Å². The van der Waals surface area contributed by atoms with Crippen LogP contribution in [-0.2, 0) is 26.1 Å². The molecule has 0 unspecified atom stereocenters. The molecule has 1 heterocycles. The number of hydrogen-bond acceptors (Lipinski definition) is 2. The topological polar surface area (TPSA) is 23.5 Å². The van der Waals surface area contributed by atoms with Crippen LogP contribution >= 0.6 is 0 Å². The van der Waals surface area contributed by atoms with E-state index in [2.05, 4.69) is 4.90 Å². The summed E-state index contributed by atoms with van der Waals surface area (Å²) in [5, 5.41) is 9.03. The molecule has 2 aromatic rings. The molecule has 0 bridgehead atoms. The number of aliphatic hydroxyl groups is 1. The summed E-state index contributed by atoms with van der Waals surface area (Å²) in [5.41, 5.74) is 2.97. The van der Waals surface area contributed by atoms with E-state index in [1.807, 2.05) is 24.3 Å². The van der Waals surface area contributed by atoms with E-state index in [9.17, 15) is 8.78 Å². The Hall–Kier alpha value is -1.78. The molecule has 0 aromatic heterocycles. The Kier molecular flexibility index (Phi) is 3.99. The molecule has 0 amide bonds. The standard InChI is InChI=1S/C17H17F2NO/c18-16-5-6-17(19)15-10-20(8-7-14(15)16)9-12-1-3-13(11-21)4-2-12/h1-6,21H,7-11H2. The van der Waals surface area contributed by atoms with Crippen molar-refractivity contribution in [3.05, 3.63) is 70.3 Å². The maximum atomic E-state index is 13.8. The van der Waals surface area contributed by atoms with Gasteiger partial charge in [0.25, 0.3) is 0 Å². The van der Waals surface area contributed by atoms with Crippen LogP contribution in [0.25, 0.3) is 0 Å². The lowest BCUT2D eigenvalue weighted by atomic mass is 9.98. The summed E-state index contributed by atoms with van der Waals surface area (Å²) in [6.45, 7) is 1.87. The highest BCUT2D eigenvalue weighted by Crippen LogP contribution is 2.25. The first kappa shape index (κ1) is 14.2. The van der Waals surface area contributed by atoms with E-state index in [1.165, 1.54) is 12.1 Å². The SMILES string of the molecule is OCc1ccc(CN2CCc3c(F)ccc(F)c3C2)cc1. The molecule has 1 N–H and O–H groups in total. The Morgan fingerprint density at radius 2 is 1.52 bits per heavy atom. The van der Waals surface area contributed by atoms with Crippen LogP contribution in [0.5, 0.6) is 0 Å². The summed E-state index contributed by atoms with van der Waals surface area (Å²) < 4.78 is 27.5. The van der Waals surface area contributed by atoms with E-state index in [4.69, 9.17) is 5.11 Å². The van der Waals surface area contributed by atoms with Gasteiger partial charge in [0.05, 0.1) is 6.61 Å². The number of fused-ring (bicyclic) bond motifs is 1. The Balaban J connectivity index is 1.75. The quantitative estimate of drug-likeness (QED) is 0.939. The zero-order valence-electron chi connectivity index (χ0n) is 11.6. The highest BCUT2D eigenvalue weighted by Gasteiger charge is 2.22. The Labute approximate surface area is 122 Å². The number of rotatable bonds is 3. The second-order valence-corrected chi connectivity index (χ2v) is 5.42. The summed E-state index contributed by atoms with van der Waals surface area (Å²) in [4.78, 5) is 2.11. The molecule has 0 spiro atoms. The minimum atomic E-state index is -0.327. The van der Waals surface area contributed by atoms with Gasteiger partial charge in [-0.3, -0.25) is 4.90 Å². The summed E-state index contributed by atoms with van der Waals surface area (Å²) in [7, 11) is 0. The Bertz CT molecular complexity index is 640. The van der Waals surface area contributed by atoms with Crippen molar-refractivity contribution in [2.75, 3.05) is 6.54 Å². The van der Waals surface area contributed by atoms with Crippen molar-refractivity contribution in [3.63, 3.8) is 0 Å². The van der Waals surface area contributed by atoms with E-state index in [0.717, 1.165) is 17.7 Å². The smallest absolute Gasteiger partial charge is 0.128 e. The molecule has 1 aliphatic heterocycles. The van der Waals surface area contributed by atoms with Gasteiger partial charge in [-0.1, -0.05) is 24.3 Å². The maximum Gasteiger partial charge on any atom is 0.128 e. The Morgan fingerprint density at radius 1 is 0.905 bits per heavy atom. The molecule has 0 saturated heterocycles. The van der Waals surface area contributed by atoms with E-state index >= 15 is 0 Å². The highest BCUT2D eigenvalue weighted by molar-refractivity contribution is 5.32. The van der Waals surface area contributed by atoms with Crippen molar-refractivity contribution in [2.45, 2.75) is 26.1 Å². The van der Waals surface area contributed by atoms with E-state index in [-0.39, 0.29) is 18.2 Å². The monoisotopic (exact) mass is 289 g/mol. The predicted octanol–water partition coefficient (Wildman–Crippen LogP) is 3.02. The van der Waals surface area contributed by atoms with Crippen LogP contribution in [-0.4, -0.2) is 16.6 Å². The second-order valence-electron chi connectivity index (χ2n) is 5.42. The minimum Gasteiger partial charge on any atom is -0.392 e. The van der Waals surface area contributed by atoms with Crippen LogP contribution in [0.2, 0.25) is 0 Å². The van der Waals surface area contributed by atoms with Gasteiger partial charge < -0.3 is 5.11 Å². The van der Waals surface area contributed by atoms with Crippen LogP contribution < -0.4 is 0 Å². The van der Waals surface area contributed by atoms with E-state index in [1.54, 1.807) is 0 Å².